The Labute approximate surface area is 210 Å². The zero-order valence-electron chi connectivity index (χ0n) is 18.5. The van der Waals surface area contributed by atoms with E-state index in [1.165, 1.54) is 25.3 Å². The number of thioether (sulfide) groups is 1. The summed E-state index contributed by atoms with van der Waals surface area (Å²) in [5.41, 5.74) is 1.96. The van der Waals surface area contributed by atoms with Crippen LogP contribution in [0.5, 0.6) is 11.5 Å². The van der Waals surface area contributed by atoms with Gasteiger partial charge in [0.25, 0.3) is 11.1 Å². The number of hydrogen-bond donors (Lipinski definition) is 0. The number of imide groups is 1. The molecule has 3 aromatic rings. The summed E-state index contributed by atoms with van der Waals surface area (Å²) in [4.78, 5) is 26.5. The lowest BCUT2D eigenvalue weighted by Crippen LogP contribution is -2.28. The van der Waals surface area contributed by atoms with Crippen molar-refractivity contribution < 1.29 is 23.5 Å². The first-order chi connectivity index (χ1) is 16.9. The summed E-state index contributed by atoms with van der Waals surface area (Å²) < 4.78 is 25.4. The van der Waals surface area contributed by atoms with Crippen molar-refractivity contribution in [3.63, 3.8) is 0 Å². The van der Waals surface area contributed by atoms with Crippen LogP contribution in [-0.2, 0) is 17.9 Å². The van der Waals surface area contributed by atoms with Gasteiger partial charge in [0, 0.05) is 16.1 Å². The maximum atomic E-state index is 14.1. The molecule has 176 valence electrons. The van der Waals surface area contributed by atoms with Gasteiger partial charge in [0.05, 0.1) is 30.2 Å². The van der Waals surface area contributed by atoms with Gasteiger partial charge in [-0.05, 0) is 53.7 Å². The van der Waals surface area contributed by atoms with Crippen LogP contribution in [0.1, 0.15) is 22.3 Å². The van der Waals surface area contributed by atoms with Crippen LogP contribution in [0.25, 0.3) is 6.08 Å². The first kappa shape index (κ1) is 24.3. The average Bonchev–Trinajstić information content (AvgIpc) is 3.12. The van der Waals surface area contributed by atoms with Gasteiger partial charge in [-0.15, -0.1) is 0 Å². The average molecular weight is 509 g/mol. The molecule has 0 aromatic heterocycles. The molecule has 2 amide bonds. The van der Waals surface area contributed by atoms with Gasteiger partial charge in [-0.1, -0.05) is 41.9 Å². The van der Waals surface area contributed by atoms with Gasteiger partial charge < -0.3 is 9.47 Å². The number of nitrogens with zero attached hydrogens (tertiary/aromatic N) is 2. The molecule has 1 heterocycles. The van der Waals surface area contributed by atoms with Gasteiger partial charge in [-0.3, -0.25) is 14.5 Å². The molecular formula is C26H18ClFN2O4S. The van der Waals surface area contributed by atoms with E-state index in [0.717, 1.165) is 22.2 Å². The molecule has 35 heavy (non-hydrogen) atoms. The zero-order valence-corrected chi connectivity index (χ0v) is 20.0. The summed E-state index contributed by atoms with van der Waals surface area (Å²) in [6, 6.07) is 18.5. The molecule has 6 nitrogen and oxygen atoms in total. The fraction of sp³-hybridized carbons (Fsp3) is 0.115. The van der Waals surface area contributed by atoms with Crippen LogP contribution in [-0.4, -0.2) is 23.2 Å². The van der Waals surface area contributed by atoms with E-state index in [0.29, 0.717) is 22.6 Å². The van der Waals surface area contributed by atoms with Crippen molar-refractivity contribution in [2.75, 3.05) is 7.11 Å². The van der Waals surface area contributed by atoms with Crippen LogP contribution in [0.15, 0.2) is 65.6 Å². The lowest BCUT2D eigenvalue weighted by Gasteiger charge is -2.14. The van der Waals surface area contributed by atoms with Crippen molar-refractivity contribution in [3.05, 3.63) is 98.7 Å². The summed E-state index contributed by atoms with van der Waals surface area (Å²) in [5, 5.41) is 8.87. The first-order valence-electron chi connectivity index (χ1n) is 10.4. The molecule has 0 radical (unpaired) electrons. The number of benzene rings is 3. The van der Waals surface area contributed by atoms with Gasteiger partial charge in [-0.2, -0.15) is 5.26 Å². The second kappa shape index (κ2) is 10.6. The molecule has 0 unspecified atom stereocenters. The van der Waals surface area contributed by atoms with Crippen molar-refractivity contribution in [3.8, 4) is 17.6 Å². The molecule has 3 aromatic carbocycles. The molecule has 1 saturated heterocycles. The molecule has 1 aliphatic heterocycles. The van der Waals surface area contributed by atoms with E-state index >= 15 is 0 Å². The van der Waals surface area contributed by atoms with Crippen LogP contribution in [0.3, 0.4) is 0 Å². The predicted molar refractivity (Wildman–Crippen MR) is 131 cm³/mol. The highest BCUT2D eigenvalue weighted by Crippen LogP contribution is 2.36. The van der Waals surface area contributed by atoms with Crippen molar-refractivity contribution in [1.29, 1.82) is 5.26 Å². The Morgan fingerprint density at radius 1 is 1.11 bits per heavy atom. The quantitative estimate of drug-likeness (QED) is 0.355. The monoisotopic (exact) mass is 508 g/mol. The minimum Gasteiger partial charge on any atom is -0.493 e. The number of rotatable bonds is 7. The van der Waals surface area contributed by atoms with E-state index in [1.807, 2.05) is 12.1 Å². The largest absolute Gasteiger partial charge is 0.493 e. The van der Waals surface area contributed by atoms with Crippen molar-refractivity contribution in [2.24, 2.45) is 0 Å². The number of nitriles is 1. The third-order valence-electron chi connectivity index (χ3n) is 5.26. The van der Waals surface area contributed by atoms with E-state index < -0.39 is 17.0 Å². The summed E-state index contributed by atoms with van der Waals surface area (Å²) in [7, 11) is 1.49. The minimum atomic E-state index is -0.585. The zero-order chi connectivity index (χ0) is 24.9. The topological polar surface area (TPSA) is 79.6 Å². The normalized spacial score (nSPS) is 14.3. The van der Waals surface area contributed by atoms with Crippen LogP contribution >= 0.6 is 23.4 Å². The number of hydrogen-bond acceptors (Lipinski definition) is 6. The molecule has 0 aliphatic carbocycles. The highest BCUT2D eigenvalue weighted by Gasteiger charge is 2.36. The highest BCUT2D eigenvalue weighted by atomic mass is 35.5. The van der Waals surface area contributed by atoms with Crippen molar-refractivity contribution >= 4 is 40.6 Å². The molecule has 0 saturated carbocycles. The Kier molecular flexibility index (Phi) is 7.39. The van der Waals surface area contributed by atoms with E-state index in [9.17, 15) is 19.2 Å². The van der Waals surface area contributed by atoms with Crippen LogP contribution in [0.2, 0.25) is 5.02 Å². The molecule has 9 heteroatoms. The van der Waals surface area contributed by atoms with Crippen molar-refractivity contribution in [2.45, 2.75) is 13.2 Å². The lowest BCUT2D eigenvalue weighted by atomic mass is 10.1. The van der Waals surface area contributed by atoms with Crippen molar-refractivity contribution in [1.82, 2.24) is 4.90 Å². The highest BCUT2D eigenvalue weighted by molar-refractivity contribution is 8.18. The molecule has 0 N–H and O–H groups in total. The second-order valence-corrected chi connectivity index (χ2v) is 8.84. The Hall–Kier alpha value is -3.80. The predicted octanol–water partition coefficient (Wildman–Crippen LogP) is 6.17. The van der Waals surface area contributed by atoms with Gasteiger partial charge in [0.2, 0.25) is 0 Å². The maximum Gasteiger partial charge on any atom is 0.293 e. The van der Waals surface area contributed by atoms with E-state index in [1.54, 1.807) is 36.4 Å². The number of methoxy groups -OCH3 is 1. The lowest BCUT2D eigenvalue weighted by molar-refractivity contribution is -0.123. The summed E-state index contributed by atoms with van der Waals surface area (Å²) >= 11 is 6.81. The third-order valence-corrected chi connectivity index (χ3v) is 6.52. The van der Waals surface area contributed by atoms with Gasteiger partial charge in [0.1, 0.15) is 12.4 Å². The van der Waals surface area contributed by atoms with Crippen LogP contribution < -0.4 is 9.47 Å². The summed E-state index contributed by atoms with van der Waals surface area (Å²) in [5.74, 6) is -0.241. The molecule has 0 atom stereocenters. The number of amides is 2. The van der Waals surface area contributed by atoms with Gasteiger partial charge >= 0.3 is 0 Å². The molecule has 1 aliphatic rings. The van der Waals surface area contributed by atoms with E-state index in [2.05, 4.69) is 6.07 Å². The number of halogens is 2. The van der Waals surface area contributed by atoms with Gasteiger partial charge in [0.15, 0.2) is 11.5 Å². The first-order valence-corrected chi connectivity index (χ1v) is 11.6. The molecule has 0 bridgehead atoms. The smallest absolute Gasteiger partial charge is 0.293 e. The fourth-order valence-electron chi connectivity index (χ4n) is 3.43. The van der Waals surface area contributed by atoms with E-state index in [4.69, 9.17) is 21.1 Å². The molecular weight excluding hydrogens is 491 g/mol. The Morgan fingerprint density at radius 2 is 1.91 bits per heavy atom. The fourth-order valence-corrected chi connectivity index (χ4v) is 4.49. The Balaban J connectivity index is 1.52. The maximum absolute atomic E-state index is 14.1. The summed E-state index contributed by atoms with van der Waals surface area (Å²) in [6.45, 7) is -0.0787. The third kappa shape index (κ3) is 5.32. The van der Waals surface area contributed by atoms with Gasteiger partial charge in [-0.25, -0.2) is 4.39 Å². The van der Waals surface area contributed by atoms with Crippen LogP contribution in [0, 0.1) is 17.1 Å². The molecule has 1 fully saturated rings. The summed E-state index contributed by atoms with van der Waals surface area (Å²) in [6.07, 6.45) is 1.56. The minimum absolute atomic E-state index is 0.0823. The number of carbonyl (C=O) groups excluding carboxylic acids is 2. The number of carbonyl (C=O) groups is 2. The molecule has 0 spiro atoms. The number of ether oxygens (including phenoxy) is 2. The Bertz CT molecular complexity index is 1370. The second-order valence-electron chi connectivity index (χ2n) is 7.44. The standard InChI is InChI=1S/C26H18ClFN2O4S/c1-33-23-11-16(9-10-22(23)34-15-18-6-3-2-5-17(18)13-29)12-24-25(31)30(26(32)35-24)14-19-20(27)7-4-8-21(19)28/h2-12H,14-15H2,1H3. The Morgan fingerprint density at radius 3 is 2.66 bits per heavy atom. The van der Waals surface area contributed by atoms with E-state index in [-0.39, 0.29) is 28.6 Å². The van der Waals surface area contributed by atoms with Crippen LogP contribution in [0.4, 0.5) is 9.18 Å². The molecule has 4 rings (SSSR count). The SMILES string of the molecule is COc1cc(C=C2SC(=O)N(Cc3c(F)cccc3Cl)C2=O)ccc1OCc1ccccc1C#N.